The summed E-state index contributed by atoms with van der Waals surface area (Å²) in [5.41, 5.74) is 2.29. The van der Waals surface area contributed by atoms with Crippen LogP contribution in [-0.2, 0) is 11.2 Å². The number of nitrogens with zero attached hydrogens (tertiary/aromatic N) is 1. The van der Waals surface area contributed by atoms with Crippen molar-refractivity contribution in [2.45, 2.75) is 19.4 Å². The van der Waals surface area contributed by atoms with E-state index >= 15 is 0 Å². The molecule has 0 saturated carbocycles. The van der Waals surface area contributed by atoms with Gasteiger partial charge in [-0.25, -0.2) is 0 Å². The summed E-state index contributed by atoms with van der Waals surface area (Å²) in [6.45, 7) is 2.69. The standard InChI is InChI=1S/C21H25N3O3/c1-15(21(25)23-18-7-5-6-17(12-18)14-22)24(2)11-10-16-8-9-19(26-3)20(13-16)27-4/h5-9,12-13,15H,10-11H2,1-4H3,(H,23,25)/p+1/t15-/m0/s1. The first kappa shape index (κ1) is 20.3. The maximum absolute atomic E-state index is 12.5. The summed E-state index contributed by atoms with van der Waals surface area (Å²) in [7, 11) is 5.23. The van der Waals surface area contributed by atoms with E-state index in [0.717, 1.165) is 23.4 Å². The lowest BCUT2D eigenvalue weighted by Gasteiger charge is -2.21. The number of ether oxygens (including phenoxy) is 2. The minimum atomic E-state index is -0.226. The molecule has 0 aliphatic carbocycles. The number of carbonyl (C=O) groups is 1. The molecular formula is C21H26N3O3+. The van der Waals surface area contributed by atoms with Crippen molar-refractivity contribution in [1.29, 1.82) is 5.26 Å². The zero-order chi connectivity index (χ0) is 19.8. The van der Waals surface area contributed by atoms with Crippen LogP contribution in [0.5, 0.6) is 11.5 Å². The number of hydrogen-bond acceptors (Lipinski definition) is 4. The SMILES string of the molecule is COc1ccc(CC[NH+](C)[C@@H](C)C(=O)Nc2cccc(C#N)c2)cc1OC. The molecule has 2 aromatic carbocycles. The number of hydrogen-bond donors (Lipinski definition) is 2. The van der Waals surface area contributed by atoms with Gasteiger partial charge in [0.2, 0.25) is 0 Å². The molecule has 6 heteroatoms. The van der Waals surface area contributed by atoms with Crippen LogP contribution in [0.3, 0.4) is 0 Å². The Labute approximate surface area is 160 Å². The Balaban J connectivity index is 1.93. The smallest absolute Gasteiger partial charge is 0.282 e. The Morgan fingerprint density at radius 3 is 2.59 bits per heavy atom. The van der Waals surface area contributed by atoms with E-state index in [9.17, 15) is 4.79 Å². The van der Waals surface area contributed by atoms with Gasteiger partial charge in [0.1, 0.15) is 0 Å². The Morgan fingerprint density at radius 1 is 1.19 bits per heavy atom. The highest BCUT2D eigenvalue weighted by Gasteiger charge is 2.22. The third-order valence-corrected chi connectivity index (χ3v) is 4.65. The average Bonchev–Trinajstić information content (AvgIpc) is 2.71. The number of anilines is 1. The van der Waals surface area contributed by atoms with Crippen molar-refractivity contribution in [1.82, 2.24) is 0 Å². The van der Waals surface area contributed by atoms with Crippen LogP contribution in [0.4, 0.5) is 5.69 Å². The maximum Gasteiger partial charge on any atom is 0.282 e. The van der Waals surface area contributed by atoms with Gasteiger partial charge < -0.3 is 19.7 Å². The van der Waals surface area contributed by atoms with Gasteiger partial charge >= 0.3 is 0 Å². The molecule has 1 unspecified atom stereocenters. The second-order valence-electron chi connectivity index (χ2n) is 6.44. The van der Waals surface area contributed by atoms with Crippen molar-refractivity contribution in [3.63, 3.8) is 0 Å². The van der Waals surface area contributed by atoms with E-state index in [1.54, 1.807) is 38.5 Å². The lowest BCUT2D eigenvalue weighted by atomic mass is 10.1. The molecule has 2 rings (SSSR count). The molecule has 27 heavy (non-hydrogen) atoms. The summed E-state index contributed by atoms with van der Waals surface area (Å²) in [5, 5.41) is 11.8. The van der Waals surface area contributed by atoms with Gasteiger partial charge in [0.15, 0.2) is 17.5 Å². The van der Waals surface area contributed by atoms with Crippen LogP contribution >= 0.6 is 0 Å². The van der Waals surface area contributed by atoms with Crippen LogP contribution < -0.4 is 19.7 Å². The maximum atomic E-state index is 12.5. The average molecular weight is 368 g/mol. The minimum absolute atomic E-state index is 0.0742. The van der Waals surface area contributed by atoms with Crippen molar-refractivity contribution >= 4 is 11.6 Å². The molecule has 0 aromatic heterocycles. The fraction of sp³-hybridized carbons (Fsp3) is 0.333. The summed E-state index contributed by atoms with van der Waals surface area (Å²) >= 11 is 0. The highest BCUT2D eigenvalue weighted by Crippen LogP contribution is 2.27. The summed E-state index contributed by atoms with van der Waals surface area (Å²) in [5.74, 6) is 1.33. The zero-order valence-corrected chi connectivity index (χ0v) is 16.2. The fourth-order valence-electron chi connectivity index (χ4n) is 2.73. The second kappa shape index (κ2) is 9.60. The van der Waals surface area contributed by atoms with Crippen molar-refractivity contribution in [2.24, 2.45) is 0 Å². The Bertz CT molecular complexity index is 830. The normalized spacial score (nSPS) is 12.6. The first-order valence-corrected chi connectivity index (χ1v) is 8.82. The lowest BCUT2D eigenvalue weighted by Crippen LogP contribution is -3.14. The first-order chi connectivity index (χ1) is 13.0. The van der Waals surface area contributed by atoms with Crippen LogP contribution in [0.15, 0.2) is 42.5 Å². The molecule has 0 spiro atoms. The summed E-state index contributed by atoms with van der Waals surface area (Å²) < 4.78 is 10.6. The van der Waals surface area contributed by atoms with E-state index in [1.807, 2.05) is 32.2 Å². The fourth-order valence-corrected chi connectivity index (χ4v) is 2.73. The van der Waals surface area contributed by atoms with Crippen LogP contribution in [0.25, 0.3) is 0 Å². The van der Waals surface area contributed by atoms with E-state index in [0.29, 0.717) is 22.7 Å². The van der Waals surface area contributed by atoms with Crippen LogP contribution in [-0.4, -0.2) is 39.8 Å². The van der Waals surface area contributed by atoms with Crippen molar-refractivity contribution in [3.05, 3.63) is 53.6 Å². The third kappa shape index (κ3) is 5.47. The van der Waals surface area contributed by atoms with Gasteiger partial charge in [0, 0.05) is 12.1 Å². The zero-order valence-electron chi connectivity index (χ0n) is 16.2. The number of quaternary nitrogens is 1. The summed E-state index contributed by atoms with van der Waals surface area (Å²) in [6.07, 6.45) is 0.813. The first-order valence-electron chi connectivity index (χ1n) is 8.82. The molecule has 142 valence electrons. The Hall–Kier alpha value is -3.04. The molecule has 1 amide bonds. The molecular weight excluding hydrogens is 342 g/mol. The van der Waals surface area contributed by atoms with Gasteiger partial charge in [-0.15, -0.1) is 0 Å². The summed E-state index contributed by atoms with van der Waals surface area (Å²) in [4.78, 5) is 13.6. The van der Waals surface area contributed by atoms with Crippen LogP contribution in [0.2, 0.25) is 0 Å². The molecule has 6 nitrogen and oxygen atoms in total. The number of methoxy groups -OCH3 is 2. The molecule has 2 N–H and O–H groups in total. The Kier molecular flexibility index (Phi) is 7.21. The monoisotopic (exact) mass is 368 g/mol. The number of nitriles is 1. The second-order valence-corrected chi connectivity index (χ2v) is 6.44. The predicted molar refractivity (Wildman–Crippen MR) is 104 cm³/mol. The molecule has 2 atom stereocenters. The molecule has 0 aliphatic rings. The molecule has 0 heterocycles. The van der Waals surface area contributed by atoms with E-state index in [1.165, 1.54) is 0 Å². The number of benzene rings is 2. The number of amides is 1. The number of likely N-dealkylation sites (N-methyl/N-ethyl adjacent to an activating group) is 1. The Morgan fingerprint density at radius 2 is 1.93 bits per heavy atom. The van der Waals surface area contributed by atoms with Crippen LogP contribution in [0, 0.1) is 11.3 Å². The molecule has 0 radical (unpaired) electrons. The highest BCUT2D eigenvalue weighted by atomic mass is 16.5. The van der Waals surface area contributed by atoms with Crippen molar-refractivity contribution in [2.75, 3.05) is 33.1 Å². The van der Waals surface area contributed by atoms with Crippen molar-refractivity contribution < 1.29 is 19.2 Å². The topological polar surface area (TPSA) is 75.8 Å². The third-order valence-electron chi connectivity index (χ3n) is 4.65. The van der Waals surface area contributed by atoms with Gasteiger partial charge in [0.25, 0.3) is 5.91 Å². The molecule has 0 aliphatic heterocycles. The summed E-state index contributed by atoms with van der Waals surface area (Å²) in [6, 6.07) is 14.6. The van der Waals surface area contributed by atoms with E-state index in [4.69, 9.17) is 14.7 Å². The molecule has 0 saturated heterocycles. The highest BCUT2D eigenvalue weighted by molar-refractivity contribution is 5.93. The van der Waals surface area contributed by atoms with E-state index < -0.39 is 0 Å². The van der Waals surface area contributed by atoms with E-state index in [2.05, 4.69) is 11.4 Å². The molecule has 0 fully saturated rings. The lowest BCUT2D eigenvalue weighted by molar-refractivity contribution is -0.893. The molecule has 2 aromatic rings. The largest absolute Gasteiger partial charge is 0.493 e. The number of carbonyl (C=O) groups excluding carboxylic acids is 1. The minimum Gasteiger partial charge on any atom is -0.493 e. The van der Waals surface area contributed by atoms with Gasteiger partial charge in [-0.05, 0) is 42.8 Å². The quantitative estimate of drug-likeness (QED) is 0.743. The van der Waals surface area contributed by atoms with Crippen LogP contribution in [0.1, 0.15) is 18.1 Å². The predicted octanol–water partition coefficient (Wildman–Crippen LogP) is 1.66. The van der Waals surface area contributed by atoms with Gasteiger partial charge in [-0.3, -0.25) is 4.79 Å². The van der Waals surface area contributed by atoms with E-state index in [-0.39, 0.29) is 11.9 Å². The number of rotatable bonds is 8. The molecule has 0 bridgehead atoms. The van der Waals surface area contributed by atoms with Crippen molar-refractivity contribution in [3.8, 4) is 17.6 Å². The van der Waals surface area contributed by atoms with Gasteiger partial charge in [0.05, 0.1) is 39.4 Å². The van der Waals surface area contributed by atoms with Gasteiger partial charge in [-0.2, -0.15) is 5.26 Å². The number of nitrogens with one attached hydrogen (secondary N) is 2. The van der Waals surface area contributed by atoms with Gasteiger partial charge in [-0.1, -0.05) is 12.1 Å².